The van der Waals surface area contributed by atoms with E-state index in [2.05, 4.69) is 15.6 Å². The van der Waals surface area contributed by atoms with Gasteiger partial charge in [-0.2, -0.15) is 0 Å². The summed E-state index contributed by atoms with van der Waals surface area (Å²) >= 11 is 0. The van der Waals surface area contributed by atoms with Gasteiger partial charge in [0.15, 0.2) is 5.96 Å². The number of benzene rings is 1. The second-order valence-corrected chi connectivity index (χ2v) is 4.13. The molecule has 0 spiro atoms. The van der Waals surface area contributed by atoms with Crippen molar-refractivity contribution in [2.75, 3.05) is 32.1 Å². The van der Waals surface area contributed by atoms with Gasteiger partial charge in [0.25, 0.3) is 0 Å². The minimum absolute atomic E-state index is 0.178. The summed E-state index contributed by atoms with van der Waals surface area (Å²) in [7, 11) is 3.49. The Morgan fingerprint density at radius 1 is 1.32 bits per heavy atom. The van der Waals surface area contributed by atoms with Crippen LogP contribution in [0.3, 0.4) is 0 Å². The number of nitrogens with one attached hydrogen (secondary N) is 2. The minimum atomic E-state index is -0.178. The van der Waals surface area contributed by atoms with E-state index < -0.39 is 0 Å². The zero-order valence-corrected chi connectivity index (χ0v) is 12.1. The fourth-order valence-corrected chi connectivity index (χ4v) is 1.95. The molecule has 0 heterocycles. The Bertz CT molecular complexity index is 427. The summed E-state index contributed by atoms with van der Waals surface area (Å²) in [4.78, 5) is 6.01. The molecule has 0 aliphatic carbocycles. The van der Waals surface area contributed by atoms with Crippen molar-refractivity contribution in [3.8, 4) is 0 Å². The lowest BCUT2D eigenvalue weighted by atomic mass is 10.2. The Balaban J connectivity index is 2.76. The van der Waals surface area contributed by atoms with Crippen LogP contribution in [-0.2, 0) is 6.54 Å². The number of halogens is 1. The van der Waals surface area contributed by atoms with Crippen LogP contribution in [0.2, 0.25) is 0 Å². The molecule has 0 amide bonds. The van der Waals surface area contributed by atoms with Crippen LogP contribution in [0.25, 0.3) is 0 Å². The third kappa shape index (κ3) is 4.12. The van der Waals surface area contributed by atoms with Crippen LogP contribution in [0.15, 0.2) is 23.2 Å². The molecule has 1 aromatic rings. The van der Waals surface area contributed by atoms with E-state index >= 15 is 0 Å². The summed E-state index contributed by atoms with van der Waals surface area (Å²) < 4.78 is 14.0. The van der Waals surface area contributed by atoms with Crippen LogP contribution < -0.4 is 15.5 Å². The Morgan fingerprint density at radius 3 is 2.47 bits per heavy atom. The molecule has 2 N–H and O–H groups in total. The van der Waals surface area contributed by atoms with E-state index in [-0.39, 0.29) is 5.82 Å². The standard InChI is InChI=1S/C14H23FN4/c1-5-19(6-2)13-8-7-11(9-12(13)15)10-18-14(16-3)17-4/h7-9H,5-6,10H2,1-4H3,(H2,16,17,18). The number of aliphatic imine (C=N–C) groups is 1. The van der Waals surface area contributed by atoms with E-state index in [0.29, 0.717) is 18.2 Å². The van der Waals surface area contributed by atoms with Gasteiger partial charge in [-0.1, -0.05) is 6.07 Å². The molecule has 0 aromatic heterocycles. The van der Waals surface area contributed by atoms with Crippen molar-refractivity contribution in [3.05, 3.63) is 29.6 Å². The first kappa shape index (κ1) is 15.3. The number of rotatable bonds is 5. The largest absolute Gasteiger partial charge is 0.370 e. The van der Waals surface area contributed by atoms with Gasteiger partial charge < -0.3 is 15.5 Å². The second kappa shape index (κ2) is 7.61. The first-order valence-electron chi connectivity index (χ1n) is 6.58. The normalized spacial score (nSPS) is 11.3. The van der Waals surface area contributed by atoms with E-state index in [9.17, 15) is 4.39 Å². The van der Waals surface area contributed by atoms with Crippen LogP contribution in [0.5, 0.6) is 0 Å². The highest BCUT2D eigenvalue weighted by molar-refractivity contribution is 5.79. The maximum absolute atomic E-state index is 14.0. The van der Waals surface area contributed by atoms with Gasteiger partial charge in [-0.3, -0.25) is 4.99 Å². The topological polar surface area (TPSA) is 39.7 Å². The lowest BCUT2D eigenvalue weighted by Crippen LogP contribution is -2.34. The Kier molecular flexibility index (Phi) is 6.12. The van der Waals surface area contributed by atoms with Crippen molar-refractivity contribution in [2.45, 2.75) is 20.4 Å². The first-order valence-corrected chi connectivity index (χ1v) is 6.58. The Labute approximate surface area is 114 Å². The number of hydrogen-bond donors (Lipinski definition) is 2. The summed E-state index contributed by atoms with van der Waals surface area (Å²) in [6.45, 7) is 6.20. The van der Waals surface area contributed by atoms with Gasteiger partial charge in [0.05, 0.1) is 5.69 Å². The Morgan fingerprint density at radius 2 is 2.00 bits per heavy atom. The molecule has 19 heavy (non-hydrogen) atoms. The molecule has 0 aliphatic rings. The van der Waals surface area contributed by atoms with Crippen LogP contribution >= 0.6 is 0 Å². The summed E-state index contributed by atoms with van der Waals surface area (Å²) in [6, 6.07) is 5.34. The predicted octanol–water partition coefficient (Wildman–Crippen LogP) is 1.97. The van der Waals surface area contributed by atoms with Gasteiger partial charge in [-0.15, -0.1) is 0 Å². The van der Waals surface area contributed by atoms with E-state index in [1.165, 1.54) is 0 Å². The predicted molar refractivity (Wildman–Crippen MR) is 79.2 cm³/mol. The zero-order valence-electron chi connectivity index (χ0n) is 12.1. The van der Waals surface area contributed by atoms with E-state index in [0.717, 1.165) is 18.7 Å². The highest BCUT2D eigenvalue weighted by atomic mass is 19.1. The number of hydrogen-bond acceptors (Lipinski definition) is 2. The van der Waals surface area contributed by atoms with E-state index in [1.807, 2.05) is 30.9 Å². The summed E-state index contributed by atoms with van der Waals surface area (Å²) in [5.74, 6) is 0.510. The molecule has 0 aliphatic heterocycles. The van der Waals surface area contributed by atoms with Crippen LogP contribution in [0.4, 0.5) is 10.1 Å². The molecule has 0 saturated heterocycles. The fraction of sp³-hybridized carbons (Fsp3) is 0.500. The molecule has 5 heteroatoms. The zero-order chi connectivity index (χ0) is 14.3. The average Bonchev–Trinajstić information content (AvgIpc) is 2.43. The van der Waals surface area contributed by atoms with E-state index in [1.54, 1.807) is 20.2 Å². The van der Waals surface area contributed by atoms with Gasteiger partial charge in [0.2, 0.25) is 0 Å². The molecule has 4 nitrogen and oxygen atoms in total. The van der Waals surface area contributed by atoms with Crippen molar-refractivity contribution < 1.29 is 4.39 Å². The molecule has 106 valence electrons. The van der Waals surface area contributed by atoms with Gasteiger partial charge in [0.1, 0.15) is 5.82 Å². The maximum Gasteiger partial charge on any atom is 0.190 e. The third-order valence-electron chi connectivity index (χ3n) is 3.04. The van der Waals surface area contributed by atoms with Crippen molar-refractivity contribution in [1.82, 2.24) is 10.6 Å². The molecule has 1 aromatic carbocycles. The lowest BCUT2D eigenvalue weighted by molar-refractivity contribution is 0.617. The number of nitrogens with zero attached hydrogens (tertiary/aromatic N) is 2. The van der Waals surface area contributed by atoms with Gasteiger partial charge in [-0.25, -0.2) is 4.39 Å². The van der Waals surface area contributed by atoms with E-state index in [4.69, 9.17) is 0 Å². The van der Waals surface area contributed by atoms with Gasteiger partial charge in [0, 0.05) is 33.7 Å². The van der Waals surface area contributed by atoms with Crippen LogP contribution in [0, 0.1) is 5.82 Å². The second-order valence-electron chi connectivity index (χ2n) is 4.13. The van der Waals surface area contributed by atoms with Gasteiger partial charge >= 0.3 is 0 Å². The smallest absolute Gasteiger partial charge is 0.190 e. The molecule has 0 radical (unpaired) electrons. The lowest BCUT2D eigenvalue weighted by Gasteiger charge is -2.22. The van der Waals surface area contributed by atoms with Crippen molar-refractivity contribution in [2.24, 2.45) is 4.99 Å². The van der Waals surface area contributed by atoms with Crippen LogP contribution in [0.1, 0.15) is 19.4 Å². The fourth-order valence-electron chi connectivity index (χ4n) is 1.95. The molecule has 0 atom stereocenters. The maximum atomic E-state index is 14.0. The highest BCUT2D eigenvalue weighted by Crippen LogP contribution is 2.20. The summed E-state index contributed by atoms with van der Waals surface area (Å²) in [5, 5.41) is 6.02. The summed E-state index contributed by atoms with van der Waals surface area (Å²) in [5.41, 5.74) is 1.55. The molecular formula is C14H23FN4. The minimum Gasteiger partial charge on any atom is -0.370 e. The quantitative estimate of drug-likeness (QED) is 0.632. The van der Waals surface area contributed by atoms with Crippen molar-refractivity contribution in [1.29, 1.82) is 0 Å². The summed E-state index contributed by atoms with van der Waals surface area (Å²) in [6.07, 6.45) is 0. The van der Waals surface area contributed by atoms with Crippen LogP contribution in [-0.4, -0.2) is 33.1 Å². The molecule has 0 bridgehead atoms. The molecule has 1 rings (SSSR count). The Hall–Kier alpha value is -1.78. The molecule has 0 saturated carbocycles. The number of anilines is 1. The monoisotopic (exact) mass is 266 g/mol. The first-order chi connectivity index (χ1) is 9.15. The number of guanidine groups is 1. The SMILES string of the molecule is CCN(CC)c1ccc(CNC(=NC)NC)cc1F. The van der Waals surface area contributed by atoms with Crippen molar-refractivity contribution in [3.63, 3.8) is 0 Å². The third-order valence-corrected chi connectivity index (χ3v) is 3.04. The molecule has 0 fully saturated rings. The van der Waals surface area contributed by atoms with Gasteiger partial charge in [-0.05, 0) is 31.5 Å². The molecular weight excluding hydrogens is 243 g/mol. The molecule has 0 unspecified atom stereocenters. The average molecular weight is 266 g/mol. The van der Waals surface area contributed by atoms with Crippen molar-refractivity contribution >= 4 is 11.6 Å². The highest BCUT2D eigenvalue weighted by Gasteiger charge is 2.09.